The van der Waals surface area contributed by atoms with Crippen LogP contribution in [0, 0.1) is 12.7 Å². The Kier molecular flexibility index (Phi) is 3.72. The van der Waals surface area contributed by atoms with Crippen LogP contribution >= 0.6 is 0 Å². The minimum absolute atomic E-state index is 0.105. The molecule has 0 aliphatic rings. The molecule has 1 heterocycles. The maximum atomic E-state index is 13.1. The molecule has 0 fully saturated rings. The molecule has 1 aromatic carbocycles. The zero-order chi connectivity index (χ0) is 13.1. The third kappa shape index (κ3) is 2.56. The summed E-state index contributed by atoms with van der Waals surface area (Å²) in [4.78, 5) is 4.21. The summed E-state index contributed by atoms with van der Waals surface area (Å²) in [6, 6.07) is 4.97. The Balaban J connectivity index is 2.26. The minimum Gasteiger partial charge on any atom is -0.313 e. The quantitative estimate of drug-likeness (QED) is 0.896. The summed E-state index contributed by atoms with van der Waals surface area (Å²) in [5.41, 5.74) is 2.03. The summed E-state index contributed by atoms with van der Waals surface area (Å²) in [7, 11) is 3.76. The first-order chi connectivity index (χ1) is 8.61. The zero-order valence-electron chi connectivity index (χ0n) is 10.8. The molecule has 4 nitrogen and oxygen atoms in total. The summed E-state index contributed by atoms with van der Waals surface area (Å²) in [6.45, 7) is 1.92. The van der Waals surface area contributed by atoms with Crippen molar-refractivity contribution in [2.24, 2.45) is 7.05 Å². The third-order valence-electron chi connectivity index (χ3n) is 3.15. The van der Waals surface area contributed by atoms with E-state index in [1.165, 1.54) is 6.07 Å². The van der Waals surface area contributed by atoms with Gasteiger partial charge in [-0.1, -0.05) is 6.07 Å². The maximum Gasteiger partial charge on any atom is 0.138 e. The number of nitrogens with zero attached hydrogens (tertiary/aromatic N) is 3. The van der Waals surface area contributed by atoms with E-state index >= 15 is 0 Å². The molecule has 1 atom stereocenters. The van der Waals surface area contributed by atoms with Crippen LogP contribution in [0.1, 0.15) is 23.0 Å². The van der Waals surface area contributed by atoms with Gasteiger partial charge in [-0.05, 0) is 37.2 Å². The molecule has 2 aromatic rings. The summed E-state index contributed by atoms with van der Waals surface area (Å²) in [5, 5.41) is 7.29. The van der Waals surface area contributed by atoms with E-state index in [1.807, 2.05) is 27.1 Å². The smallest absolute Gasteiger partial charge is 0.138 e. The van der Waals surface area contributed by atoms with Crippen molar-refractivity contribution in [2.45, 2.75) is 19.4 Å². The molecule has 0 aliphatic heterocycles. The van der Waals surface area contributed by atoms with E-state index in [9.17, 15) is 4.39 Å². The van der Waals surface area contributed by atoms with Crippen LogP contribution in [0.5, 0.6) is 0 Å². The molecule has 5 heteroatoms. The number of likely N-dealkylation sites (N-methyl/N-ethyl adjacent to an activating group) is 1. The van der Waals surface area contributed by atoms with Gasteiger partial charge in [-0.15, -0.1) is 0 Å². The van der Waals surface area contributed by atoms with E-state index in [1.54, 1.807) is 17.1 Å². The third-order valence-corrected chi connectivity index (χ3v) is 3.15. The van der Waals surface area contributed by atoms with Crippen LogP contribution in [0.4, 0.5) is 4.39 Å². The Labute approximate surface area is 106 Å². The van der Waals surface area contributed by atoms with Gasteiger partial charge in [-0.3, -0.25) is 4.68 Å². The molecule has 96 valence electrons. The summed E-state index contributed by atoms with van der Waals surface area (Å²) in [6.07, 6.45) is 2.26. The van der Waals surface area contributed by atoms with E-state index in [-0.39, 0.29) is 11.9 Å². The Morgan fingerprint density at radius 1 is 1.44 bits per heavy atom. The van der Waals surface area contributed by atoms with Gasteiger partial charge < -0.3 is 5.32 Å². The SMILES string of the molecule is CNC(Cc1ncnn1C)c1ccc(F)cc1C. The predicted octanol–water partition coefficient (Wildman–Crippen LogP) is 1.77. The van der Waals surface area contributed by atoms with Crippen molar-refractivity contribution in [2.75, 3.05) is 7.05 Å². The van der Waals surface area contributed by atoms with Gasteiger partial charge in [0, 0.05) is 19.5 Å². The monoisotopic (exact) mass is 248 g/mol. The van der Waals surface area contributed by atoms with Crippen molar-refractivity contribution >= 4 is 0 Å². The molecular formula is C13H17FN4. The lowest BCUT2D eigenvalue weighted by Crippen LogP contribution is -2.21. The molecule has 0 aliphatic carbocycles. The van der Waals surface area contributed by atoms with Crippen LogP contribution in [0.15, 0.2) is 24.5 Å². The Bertz CT molecular complexity index is 536. The van der Waals surface area contributed by atoms with Crippen molar-refractivity contribution in [1.82, 2.24) is 20.1 Å². The molecule has 1 aromatic heterocycles. The second-order valence-corrected chi connectivity index (χ2v) is 4.35. The Morgan fingerprint density at radius 3 is 2.78 bits per heavy atom. The normalized spacial score (nSPS) is 12.7. The molecule has 0 spiro atoms. The fraction of sp³-hybridized carbons (Fsp3) is 0.385. The second kappa shape index (κ2) is 5.27. The van der Waals surface area contributed by atoms with Crippen LogP contribution in [0.25, 0.3) is 0 Å². The van der Waals surface area contributed by atoms with Crippen LogP contribution in [0.3, 0.4) is 0 Å². The number of hydrogen-bond acceptors (Lipinski definition) is 3. The van der Waals surface area contributed by atoms with E-state index in [2.05, 4.69) is 15.4 Å². The fourth-order valence-electron chi connectivity index (χ4n) is 2.09. The zero-order valence-corrected chi connectivity index (χ0v) is 10.8. The van der Waals surface area contributed by atoms with Crippen molar-refractivity contribution in [3.8, 4) is 0 Å². The van der Waals surface area contributed by atoms with Crippen molar-refractivity contribution in [3.63, 3.8) is 0 Å². The number of halogens is 1. The molecule has 0 saturated heterocycles. The van der Waals surface area contributed by atoms with Gasteiger partial charge in [0.1, 0.15) is 18.0 Å². The van der Waals surface area contributed by atoms with Gasteiger partial charge in [0.25, 0.3) is 0 Å². The first-order valence-corrected chi connectivity index (χ1v) is 5.88. The second-order valence-electron chi connectivity index (χ2n) is 4.35. The average Bonchev–Trinajstić information content (AvgIpc) is 2.73. The number of aromatic nitrogens is 3. The number of benzene rings is 1. The lowest BCUT2D eigenvalue weighted by atomic mass is 9.98. The van der Waals surface area contributed by atoms with Crippen LogP contribution in [0.2, 0.25) is 0 Å². The van der Waals surface area contributed by atoms with Crippen LogP contribution < -0.4 is 5.32 Å². The fourth-order valence-corrected chi connectivity index (χ4v) is 2.09. The average molecular weight is 248 g/mol. The molecule has 0 bridgehead atoms. The summed E-state index contributed by atoms with van der Waals surface area (Å²) < 4.78 is 14.9. The number of nitrogens with one attached hydrogen (secondary N) is 1. The van der Waals surface area contributed by atoms with E-state index < -0.39 is 0 Å². The molecule has 0 saturated carbocycles. The lowest BCUT2D eigenvalue weighted by Gasteiger charge is -2.18. The number of rotatable bonds is 4. The van der Waals surface area contributed by atoms with E-state index in [4.69, 9.17) is 0 Å². The lowest BCUT2D eigenvalue weighted by molar-refractivity contribution is 0.548. The highest BCUT2D eigenvalue weighted by atomic mass is 19.1. The first kappa shape index (κ1) is 12.7. The van der Waals surface area contributed by atoms with Gasteiger partial charge in [-0.2, -0.15) is 5.10 Å². The van der Waals surface area contributed by atoms with Gasteiger partial charge in [0.15, 0.2) is 0 Å². The summed E-state index contributed by atoms with van der Waals surface area (Å²) >= 11 is 0. The van der Waals surface area contributed by atoms with E-state index in [0.29, 0.717) is 0 Å². The van der Waals surface area contributed by atoms with Gasteiger partial charge in [0.05, 0.1) is 0 Å². The number of hydrogen-bond donors (Lipinski definition) is 1. The molecule has 2 rings (SSSR count). The highest BCUT2D eigenvalue weighted by Crippen LogP contribution is 2.21. The van der Waals surface area contributed by atoms with Crippen molar-refractivity contribution < 1.29 is 4.39 Å². The molecule has 1 unspecified atom stereocenters. The standard InChI is InChI=1S/C13H17FN4/c1-9-6-10(14)4-5-11(9)12(15-2)7-13-16-8-17-18(13)3/h4-6,8,12,15H,7H2,1-3H3. The highest BCUT2D eigenvalue weighted by Gasteiger charge is 2.15. The topological polar surface area (TPSA) is 42.7 Å². The Hall–Kier alpha value is -1.75. The van der Waals surface area contributed by atoms with Crippen molar-refractivity contribution in [3.05, 3.63) is 47.3 Å². The Morgan fingerprint density at radius 2 is 2.22 bits per heavy atom. The highest BCUT2D eigenvalue weighted by molar-refractivity contribution is 5.30. The summed E-state index contributed by atoms with van der Waals surface area (Å²) in [5.74, 6) is 0.697. The van der Waals surface area contributed by atoms with Crippen molar-refractivity contribution in [1.29, 1.82) is 0 Å². The maximum absolute atomic E-state index is 13.1. The largest absolute Gasteiger partial charge is 0.313 e. The van der Waals surface area contributed by atoms with E-state index in [0.717, 1.165) is 23.4 Å². The molecule has 1 N–H and O–H groups in total. The molecule has 0 radical (unpaired) electrons. The first-order valence-electron chi connectivity index (χ1n) is 5.88. The molecule has 18 heavy (non-hydrogen) atoms. The van der Waals surface area contributed by atoms with Crippen LogP contribution in [-0.4, -0.2) is 21.8 Å². The minimum atomic E-state index is -0.204. The van der Waals surface area contributed by atoms with Gasteiger partial charge >= 0.3 is 0 Å². The number of aryl methyl sites for hydroxylation is 2. The molecular weight excluding hydrogens is 231 g/mol. The van der Waals surface area contributed by atoms with Crippen LogP contribution in [-0.2, 0) is 13.5 Å². The van der Waals surface area contributed by atoms with Gasteiger partial charge in [0.2, 0.25) is 0 Å². The molecule has 0 amide bonds. The van der Waals surface area contributed by atoms with Gasteiger partial charge in [-0.25, -0.2) is 9.37 Å². The predicted molar refractivity (Wildman–Crippen MR) is 67.6 cm³/mol.